The molecule has 0 aromatic heterocycles. The molecule has 1 aromatic rings. The second-order valence-electron chi connectivity index (χ2n) is 7.35. The van der Waals surface area contributed by atoms with Crippen LogP contribution in [0.15, 0.2) is 29.3 Å². The number of fused-ring (bicyclic) bond motifs is 2. The predicted molar refractivity (Wildman–Crippen MR) is 105 cm³/mol. The van der Waals surface area contributed by atoms with Crippen molar-refractivity contribution >= 4 is 29.9 Å². The van der Waals surface area contributed by atoms with Gasteiger partial charge in [-0.25, -0.2) is 4.99 Å². The molecule has 9 heteroatoms. The third-order valence-corrected chi connectivity index (χ3v) is 5.93. The Kier molecular flexibility index (Phi) is 5.81. The minimum Gasteiger partial charge on any atom is -0.406 e. The van der Waals surface area contributed by atoms with E-state index in [4.69, 9.17) is 10.5 Å². The standard InChI is InChI=1S/C18H22F3N3O2.HI/c19-18(20,21)26-12-4-2-11(3-5-12)10-23-16(22)24-14-13-6-9-25-15(13)17(14)7-1-8-17;/h2-5,13-15H,1,6-10H2,(H3,22,23,24);1H. The number of rotatable bonds is 4. The van der Waals surface area contributed by atoms with Crippen molar-refractivity contribution in [3.63, 3.8) is 0 Å². The molecule has 1 aliphatic heterocycles. The summed E-state index contributed by atoms with van der Waals surface area (Å²) in [4.78, 5) is 4.34. The lowest BCUT2D eigenvalue weighted by molar-refractivity contribution is -0.274. The first kappa shape index (κ1) is 20.5. The minimum absolute atomic E-state index is 0. The Labute approximate surface area is 172 Å². The van der Waals surface area contributed by atoms with Crippen LogP contribution in [0.1, 0.15) is 31.2 Å². The van der Waals surface area contributed by atoms with Crippen molar-refractivity contribution in [1.29, 1.82) is 0 Å². The molecule has 1 aromatic carbocycles. The SMILES string of the molecule is I.NC(=NCc1ccc(OC(F)(F)F)cc1)NC1C2CCOC2C12CCC2. The Bertz CT molecular complexity index is 692. The molecular formula is C18H23F3IN3O2. The zero-order chi connectivity index (χ0) is 18.4. The summed E-state index contributed by atoms with van der Waals surface area (Å²) in [5, 5.41) is 3.37. The van der Waals surface area contributed by atoms with Gasteiger partial charge in [0.05, 0.1) is 12.6 Å². The average molecular weight is 497 g/mol. The molecule has 3 unspecified atom stereocenters. The fraction of sp³-hybridized carbons (Fsp3) is 0.611. The number of aliphatic imine (C=N–C) groups is 1. The van der Waals surface area contributed by atoms with Crippen molar-refractivity contribution in [2.75, 3.05) is 6.61 Å². The molecule has 1 spiro atoms. The van der Waals surface area contributed by atoms with E-state index in [9.17, 15) is 13.2 Å². The maximum atomic E-state index is 12.2. The van der Waals surface area contributed by atoms with Crippen LogP contribution in [0, 0.1) is 11.3 Å². The molecule has 4 rings (SSSR count). The number of nitrogens with zero attached hydrogens (tertiary/aromatic N) is 1. The Morgan fingerprint density at radius 2 is 2.00 bits per heavy atom. The van der Waals surface area contributed by atoms with E-state index < -0.39 is 6.36 Å². The smallest absolute Gasteiger partial charge is 0.406 e. The van der Waals surface area contributed by atoms with Crippen LogP contribution >= 0.6 is 24.0 Å². The normalized spacial score (nSPS) is 28.6. The monoisotopic (exact) mass is 497 g/mol. The highest BCUT2D eigenvalue weighted by Gasteiger charge is 2.66. The van der Waals surface area contributed by atoms with Crippen LogP contribution in [0.25, 0.3) is 0 Å². The van der Waals surface area contributed by atoms with Gasteiger partial charge in [0.25, 0.3) is 0 Å². The molecule has 2 aliphatic carbocycles. The van der Waals surface area contributed by atoms with E-state index in [-0.39, 0.29) is 35.1 Å². The largest absolute Gasteiger partial charge is 0.573 e. The third kappa shape index (κ3) is 3.98. The second-order valence-corrected chi connectivity index (χ2v) is 7.35. The zero-order valence-corrected chi connectivity index (χ0v) is 17.0. The number of halogens is 4. The van der Waals surface area contributed by atoms with Crippen molar-refractivity contribution in [1.82, 2.24) is 5.32 Å². The van der Waals surface area contributed by atoms with E-state index in [0.29, 0.717) is 30.6 Å². The highest BCUT2D eigenvalue weighted by Crippen LogP contribution is 2.62. The lowest BCUT2D eigenvalue weighted by Gasteiger charge is -2.63. The molecule has 27 heavy (non-hydrogen) atoms. The lowest BCUT2D eigenvalue weighted by atomic mass is 9.46. The second kappa shape index (κ2) is 7.65. The van der Waals surface area contributed by atoms with Gasteiger partial charge in [0.15, 0.2) is 5.96 Å². The van der Waals surface area contributed by atoms with Crippen molar-refractivity contribution in [2.45, 2.75) is 50.7 Å². The van der Waals surface area contributed by atoms with Gasteiger partial charge in [0, 0.05) is 24.0 Å². The molecule has 3 atom stereocenters. The quantitative estimate of drug-likeness (QED) is 0.380. The van der Waals surface area contributed by atoms with Crippen LogP contribution < -0.4 is 15.8 Å². The van der Waals surface area contributed by atoms with Gasteiger partial charge >= 0.3 is 6.36 Å². The molecule has 0 amide bonds. The molecular weight excluding hydrogens is 474 g/mol. The molecule has 3 aliphatic rings. The van der Waals surface area contributed by atoms with E-state index in [1.165, 1.54) is 31.4 Å². The molecule has 150 valence electrons. The van der Waals surface area contributed by atoms with Crippen LogP contribution in [0.5, 0.6) is 5.75 Å². The van der Waals surface area contributed by atoms with Gasteiger partial charge in [-0.05, 0) is 37.0 Å². The zero-order valence-electron chi connectivity index (χ0n) is 14.7. The van der Waals surface area contributed by atoms with Gasteiger partial charge in [0.1, 0.15) is 5.75 Å². The van der Waals surface area contributed by atoms with Gasteiger partial charge in [-0.1, -0.05) is 18.6 Å². The maximum absolute atomic E-state index is 12.2. The van der Waals surface area contributed by atoms with E-state index in [1.54, 1.807) is 12.1 Å². The minimum atomic E-state index is -4.68. The van der Waals surface area contributed by atoms with E-state index >= 15 is 0 Å². The lowest BCUT2D eigenvalue weighted by Crippen LogP contribution is -2.72. The fourth-order valence-electron chi connectivity index (χ4n) is 4.63. The Hall–Kier alpha value is -1.23. The number of alkyl halides is 3. The highest BCUT2D eigenvalue weighted by molar-refractivity contribution is 14.0. The first-order valence-electron chi connectivity index (χ1n) is 8.90. The van der Waals surface area contributed by atoms with E-state index in [1.807, 2.05) is 0 Å². The number of guanidine groups is 1. The van der Waals surface area contributed by atoms with Crippen molar-refractivity contribution in [3.8, 4) is 5.75 Å². The summed E-state index contributed by atoms with van der Waals surface area (Å²) in [6.45, 7) is 1.12. The Morgan fingerprint density at radius 3 is 2.59 bits per heavy atom. The molecule has 0 radical (unpaired) electrons. The van der Waals surface area contributed by atoms with E-state index in [2.05, 4.69) is 15.0 Å². The highest BCUT2D eigenvalue weighted by atomic mass is 127. The Morgan fingerprint density at radius 1 is 1.30 bits per heavy atom. The molecule has 5 nitrogen and oxygen atoms in total. The summed E-state index contributed by atoms with van der Waals surface area (Å²) in [6, 6.07) is 5.97. The van der Waals surface area contributed by atoms with Gasteiger partial charge < -0.3 is 20.5 Å². The number of hydrogen-bond acceptors (Lipinski definition) is 3. The van der Waals surface area contributed by atoms with Gasteiger partial charge in [-0.15, -0.1) is 37.1 Å². The first-order chi connectivity index (χ1) is 12.4. The predicted octanol–water partition coefficient (Wildman–Crippen LogP) is 3.57. The fourth-order valence-corrected chi connectivity index (χ4v) is 4.63. The molecule has 0 bridgehead atoms. The molecule has 3 N–H and O–H groups in total. The molecule has 2 saturated carbocycles. The van der Waals surface area contributed by atoms with Crippen LogP contribution in [0.2, 0.25) is 0 Å². The summed E-state index contributed by atoms with van der Waals surface area (Å²) < 4.78 is 46.2. The van der Waals surface area contributed by atoms with Crippen molar-refractivity contribution in [2.24, 2.45) is 22.1 Å². The molecule has 3 fully saturated rings. The van der Waals surface area contributed by atoms with Gasteiger partial charge in [-0.3, -0.25) is 0 Å². The van der Waals surface area contributed by atoms with Crippen molar-refractivity contribution in [3.05, 3.63) is 29.8 Å². The summed E-state index contributed by atoms with van der Waals surface area (Å²) in [5.74, 6) is 0.634. The summed E-state index contributed by atoms with van der Waals surface area (Å²) in [7, 11) is 0. The topological polar surface area (TPSA) is 68.9 Å². The van der Waals surface area contributed by atoms with Crippen molar-refractivity contribution < 1.29 is 22.6 Å². The third-order valence-electron chi connectivity index (χ3n) is 5.93. The number of hydrogen-bond donors (Lipinski definition) is 2. The average Bonchev–Trinajstić information content (AvgIpc) is 2.94. The van der Waals surface area contributed by atoms with Gasteiger partial charge in [-0.2, -0.15) is 0 Å². The number of ether oxygens (including phenoxy) is 2. The molecule has 1 heterocycles. The number of benzene rings is 1. The van der Waals surface area contributed by atoms with Crippen LogP contribution in [0.3, 0.4) is 0 Å². The van der Waals surface area contributed by atoms with E-state index in [0.717, 1.165) is 18.6 Å². The van der Waals surface area contributed by atoms with Crippen LogP contribution in [-0.4, -0.2) is 31.1 Å². The molecule has 1 saturated heterocycles. The summed E-state index contributed by atoms with van der Waals surface area (Å²) in [5.41, 5.74) is 7.03. The summed E-state index contributed by atoms with van der Waals surface area (Å²) in [6.07, 6.45) is 0.296. The Balaban J connectivity index is 0.00000210. The number of nitrogens with one attached hydrogen (secondary N) is 1. The van der Waals surface area contributed by atoms with Crippen LogP contribution in [-0.2, 0) is 11.3 Å². The number of nitrogens with two attached hydrogens (primary N) is 1. The van der Waals surface area contributed by atoms with Gasteiger partial charge in [0.2, 0.25) is 0 Å². The summed E-state index contributed by atoms with van der Waals surface area (Å²) >= 11 is 0. The maximum Gasteiger partial charge on any atom is 0.573 e. The first-order valence-corrected chi connectivity index (χ1v) is 8.90. The van der Waals surface area contributed by atoms with Crippen LogP contribution in [0.4, 0.5) is 13.2 Å².